The highest BCUT2D eigenvalue weighted by Gasteiger charge is 2.26. The molecule has 1 saturated heterocycles. The number of hydrogen-bond donors (Lipinski definition) is 2. The van der Waals surface area contributed by atoms with Crippen LogP contribution in [0.15, 0.2) is 17.0 Å². The lowest BCUT2D eigenvalue weighted by atomic mass is 10.1. The number of rotatable bonds is 4. The van der Waals surface area contributed by atoms with Crippen molar-refractivity contribution in [3.05, 3.63) is 23.8 Å². The molecule has 1 heterocycles. The Morgan fingerprint density at radius 1 is 1.30 bits per heavy atom. The van der Waals surface area contributed by atoms with Crippen LogP contribution in [-0.2, 0) is 14.8 Å². The highest BCUT2D eigenvalue weighted by Crippen LogP contribution is 2.22. The molecule has 1 aromatic rings. The highest BCUT2D eigenvalue weighted by molar-refractivity contribution is 7.89. The second-order valence-corrected chi connectivity index (χ2v) is 6.36. The van der Waals surface area contributed by atoms with Gasteiger partial charge in [0.1, 0.15) is 11.6 Å². The van der Waals surface area contributed by atoms with Gasteiger partial charge in [-0.3, -0.25) is 0 Å². The second-order valence-electron chi connectivity index (χ2n) is 4.65. The molecule has 1 fully saturated rings. The Morgan fingerprint density at radius 3 is 2.50 bits per heavy atom. The van der Waals surface area contributed by atoms with Gasteiger partial charge < -0.3 is 10.5 Å². The zero-order valence-electron chi connectivity index (χ0n) is 10.7. The van der Waals surface area contributed by atoms with Crippen molar-refractivity contribution in [2.75, 3.05) is 18.9 Å². The number of nitrogen functional groups attached to an aromatic ring is 1. The molecular weight excluding hydrogens is 290 g/mol. The number of sulfonamides is 1. The Bertz CT molecular complexity index is 563. The molecule has 5 nitrogen and oxygen atoms in total. The molecule has 0 amide bonds. The number of benzene rings is 1. The molecule has 0 aliphatic carbocycles. The number of nitrogens with one attached hydrogen (secondary N) is 1. The first-order valence-electron chi connectivity index (χ1n) is 6.26. The van der Waals surface area contributed by atoms with Gasteiger partial charge in [0.05, 0.1) is 6.10 Å². The lowest BCUT2D eigenvalue weighted by Gasteiger charge is -2.22. The summed E-state index contributed by atoms with van der Waals surface area (Å²) in [6, 6.07) is 1.55. The summed E-state index contributed by atoms with van der Waals surface area (Å²) in [5.74, 6) is -2.42. The van der Waals surface area contributed by atoms with Crippen LogP contribution in [-0.4, -0.2) is 27.7 Å². The average Bonchev–Trinajstić information content (AvgIpc) is 2.36. The molecule has 1 unspecified atom stereocenters. The summed E-state index contributed by atoms with van der Waals surface area (Å²) in [4.78, 5) is -1.01. The molecule has 3 N–H and O–H groups in total. The fourth-order valence-electron chi connectivity index (χ4n) is 2.08. The number of halogens is 2. The van der Waals surface area contributed by atoms with Crippen molar-refractivity contribution in [2.24, 2.45) is 0 Å². The van der Waals surface area contributed by atoms with Crippen LogP contribution in [0.25, 0.3) is 0 Å². The Labute approximate surface area is 116 Å². The van der Waals surface area contributed by atoms with E-state index in [-0.39, 0.29) is 18.3 Å². The van der Waals surface area contributed by atoms with Crippen LogP contribution in [0.3, 0.4) is 0 Å². The Balaban J connectivity index is 2.14. The van der Waals surface area contributed by atoms with E-state index < -0.39 is 26.6 Å². The summed E-state index contributed by atoms with van der Waals surface area (Å²) in [6.07, 6.45) is 2.33. The van der Waals surface area contributed by atoms with Crippen molar-refractivity contribution in [2.45, 2.75) is 30.3 Å². The number of hydrogen-bond acceptors (Lipinski definition) is 4. The first kappa shape index (κ1) is 15.1. The number of anilines is 1. The van der Waals surface area contributed by atoms with Crippen LogP contribution >= 0.6 is 0 Å². The molecular formula is C12H16F2N2O3S. The van der Waals surface area contributed by atoms with Crippen molar-refractivity contribution in [3.63, 3.8) is 0 Å². The molecule has 8 heteroatoms. The van der Waals surface area contributed by atoms with Gasteiger partial charge >= 0.3 is 0 Å². The predicted octanol–water partition coefficient (Wildman–Crippen LogP) is 1.39. The van der Waals surface area contributed by atoms with Crippen molar-refractivity contribution in [1.82, 2.24) is 4.72 Å². The summed E-state index contributed by atoms with van der Waals surface area (Å²) in [6.45, 7) is 0.558. The maximum absolute atomic E-state index is 13.6. The second kappa shape index (κ2) is 6.02. The third kappa shape index (κ3) is 3.44. The summed E-state index contributed by atoms with van der Waals surface area (Å²) >= 11 is 0. The van der Waals surface area contributed by atoms with Gasteiger partial charge in [-0.05, 0) is 31.4 Å². The molecule has 1 aliphatic rings. The lowest BCUT2D eigenvalue weighted by molar-refractivity contribution is 0.0200. The SMILES string of the molecule is Nc1cc(F)c(S(=O)(=O)NCC2CCCCO2)c(F)c1. The lowest BCUT2D eigenvalue weighted by Crippen LogP contribution is -2.36. The van der Waals surface area contributed by atoms with Crippen molar-refractivity contribution >= 4 is 15.7 Å². The van der Waals surface area contributed by atoms with E-state index in [4.69, 9.17) is 10.5 Å². The molecule has 112 valence electrons. The molecule has 0 saturated carbocycles. The number of nitrogens with two attached hydrogens (primary N) is 1. The molecule has 1 atom stereocenters. The van der Waals surface area contributed by atoms with E-state index in [0.29, 0.717) is 6.61 Å². The van der Waals surface area contributed by atoms with Crippen LogP contribution in [0.5, 0.6) is 0 Å². The zero-order chi connectivity index (χ0) is 14.8. The summed E-state index contributed by atoms with van der Waals surface area (Å²) in [5, 5.41) is 0. The fourth-order valence-corrected chi connectivity index (χ4v) is 3.26. The van der Waals surface area contributed by atoms with Crippen LogP contribution in [0.1, 0.15) is 19.3 Å². The van der Waals surface area contributed by atoms with Gasteiger partial charge in [0.25, 0.3) is 0 Å². The van der Waals surface area contributed by atoms with Gasteiger partial charge in [-0.2, -0.15) is 0 Å². The molecule has 1 aliphatic heterocycles. The van der Waals surface area contributed by atoms with E-state index in [1.165, 1.54) is 0 Å². The van der Waals surface area contributed by atoms with Crippen molar-refractivity contribution in [1.29, 1.82) is 0 Å². The maximum Gasteiger partial charge on any atom is 0.246 e. The van der Waals surface area contributed by atoms with Gasteiger partial charge in [0.15, 0.2) is 4.90 Å². The standard InChI is InChI=1S/C12H16F2N2O3S/c13-10-5-8(15)6-11(14)12(10)20(17,18)16-7-9-3-1-2-4-19-9/h5-6,9,16H,1-4,7,15H2. The van der Waals surface area contributed by atoms with Crippen LogP contribution in [0, 0.1) is 11.6 Å². The maximum atomic E-state index is 13.6. The first-order chi connectivity index (χ1) is 9.40. The van der Waals surface area contributed by atoms with Gasteiger partial charge in [0, 0.05) is 18.8 Å². The summed E-state index contributed by atoms with van der Waals surface area (Å²) in [7, 11) is -4.27. The number of ether oxygens (including phenoxy) is 1. The quantitative estimate of drug-likeness (QED) is 0.824. The van der Waals surface area contributed by atoms with Gasteiger partial charge in [-0.1, -0.05) is 0 Å². The van der Waals surface area contributed by atoms with Gasteiger partial charge in [-0.25, -0.2) is 21.9 Å². The third-order valence-corrected chi connectivity index (χ3v) is 4.54. The first-order valence-corrected chi connectivity index (χ1v) is 7.74. The molecule has 0 aromatic heterocycles. The molecule has 2 rings (SSSR count). The average molecular weight is 306 g/mol. The minimum atomic E-state index is -4.27. The van der Waals surface area contributed by atoms with E-state index >= 15 is 0 Å². The van der Waals surface area contributed by atoms with E-state index in [1.807, 2.05) is 0 Å². The van der Waals surface area contributed by atoms with E-state index in [0.717, 1.165) is 31.4 Å². The van der Waals surface area contributed by atoms with E-state index in [1.54, 1.807) is 0 Å². The normalized spacial score (nSPS) is 20.0. The van der Waals surface area contributed by atoms with Crippen molar-refractivity contribution in [3.8, 4) is 0 Å². The Hall–Kier alpha value is -1.25. The fraction of sp³-hybridized carbons (Fsp3) is 0.500. The summed E-state index contributed by atoms with van der Waals surface area (Å²) < 4.78 is 58.6. The largest absolute Gasteiger partial charge is 0.399 e. The Morgan fingerprint density at radius 2 is 1.95 bits per heavy atom. The highest BCUT2D eigenvalue weighted by atomic mass is 32.2. The van der Waals surface area contributed by atoms with Crippen LogP contribution < -0.4 is 10.5 Å². The van der Waals surface area contributed by atoms with E-state index in [9.17, 15) is 17.2 Å². The monoisotopic (exact) mass is 306 g/mol. The minimum absolute atomic E-state index is 0.00834. The topological polar surface area (TPSA) is 81.4 Å². The molecule has 20 heavy (non-hydrogen) atoms. The van der Waals surface area contributed by atoms with Gasteiger partial charge in [-0.15, -0.1) is 0 Å². The minimum Gasteiger partial charge on any atom is -0.399 e. The van der Waals surface area contributed by atoms with Crippen molar-refractivity contribution < 1.29 is 21.9 Å². The zero-order valence-corrected chi connectivity index (χ0v) is 11.6. The molecule has 0 radical (unpaired) electrons. The van der Waals surface area contributed by atoms with Gasteiger partial charge in [0.2, 0.25) is 10.0 Å². The Kier molecular flexibility index (Phi) is 4.56. The van der Waals surface area contributed by atoms with E-state index in [2.05, 4.69) is 4.72 Å². The smallest absolute Gasteiger partial charge is 0.246 e. The molecule has 0 bridgehead atoms. The third-order valence-electron chi connectivity index (χ3n) is 3.06. The van der Waals surface area contributed by atoms with Crippen LogP contribution in [0.2, 0.25) is 0 Å². The summed E-state index contributed by atoms with van der Waals surface area (Å²) in [5.41, 5.74) is 5.08. The van der Waals surface area contributed by atoms with Crippen LogP contribution in [0.4, 0.5) is 14.5 Å². The molecule has 1 aromatic carbocycles. The molecule has 0 spiro atoms. The predicted molar refractivity (Wildman–Crippen MR) is 69.5 cm³/mol.